The van der Waals surface area contributed by atoms with Crippen molar-refractivity contribution in [2.45, 2.75) is 19.8 Å². The lowest BCUT2D eigenvalue weighted by molar-refractivity contribution is -0.118. The highest BCUT2D eigenvalue weighted by Gasteiger charge is 2.27. The first-order valence-corrected chi connectivity index (χ1v) is 8.35. The molecule has 0 fully saturated rings. The van der Waals surface area contributed by atoms with Gasteiger partial charge in [-0.15, -0.1) is 0 Å². The van der Waals surface area contributed by atoms with Crippen molar-refractivity contribution >= 4 is 40.5 Å². The largest absolute Gasteiger partial charge is 0.310 e. The minimum atomic E-state index is -0.220. The molecule has 2 aromatic rings. The molecule has 2 aromatic carbocycles. The molecule has 3 rings (SSSR count). The lowest BCUT2D eigenvalue weighted by Crippen LogP contribution is -2.40. The Hall–Kier alpha value is -2.66. The van der Waals surface area contributed by atoms with Crippen LogP contribution in [0.5, 0.6) is 0 Å². The van der Waals surface area contributed by atoms with Crippen molar-refractivity contribution in [3.63, 3.8) is 0 Å². The van der Waals surface area contributed by atoms with Crippen molar-refractivity contribution in [2.24, 2.45) is 5.10 Å². The fraction of sp³-hybridized carbons (Fsp3) is 0.211. The summed E-state index contributed by atoms with van der Waals surface area (Å²) in [5, 5.41) is 6.12. The number of nitrogens with zero attached hydrogens (tertiary/aromatic N) is 3. The van der Waals surface area contributed by atoms with Gasteiger partial charge in [0.2, 0.25) is 5.91 Å². The zero-order chi connectivity index (χ0) is 18.0. The van der Waals surface area contributed by atoms with Gasteiger partial charge in [0.15, 0.2) is 0 Å². The fourth-order valence-electron chi connectivity index (χ4n) is 2.59. The second kappa shape index (κ2) is 7.07. The summed E-state index contributed by atoms with van der Waals surface area (Å²) in [5.41, 5.74) is 2.60. The van der Waals surface area contributed by atoms with Crippen molar-refractivity contribution in [2.75, 3.05) is 17.0 Å². The average molecular weight is 356 g/mol. The molecule has 6 heteroatoms. The highest BCUT2D eigenvalue weighted by molar-refractivity contribution is 6.44. The Morgan fingerprint density at radius 3 is 2.56 bits per heavy atom. The molecule has 2 amide bonds. The van der Waals surface area contributed by atoms with Crippen LogP contribution >= 0.6 is 11.6 Å². The van der Waals surface area contributed by atoms with Crippen LogP contribution < -0.4 is 9.91 Å². The summed E-state index contributed by atoms with van der Waals surface area (Å²) in [7, 11) is 1.70. The number of rotatable bonds is 3. The van der Waals surface area contributed by atoms with Crippen molar-refractivity contribution in [1.82, 2.24) is 0 Å². The second-order valence-corrected chi connectivity index (χ2v) is 6.29. The number of hydrazone groups is 1. The maximum Gasteiger partial charge on any atom is 0.274 e. The molecule has 1 aliphatic rings. The molecule has 0 aliphatic carbocycles. The van der Waals surface area contributed by atoms with E-state index in [1.54, 1.807) is 19.2 Å². The van der Waals surface area contributed by atoms with Gasteiger partial charge in [0.1, 0.15) is 5.71 Å². The minimum Gasteiger partial charge on any atom is -0.310 e. The Bertz CT molecular complexity index is 849. The Labute approximate surface area is 151 Å². The molecule has 0 N–H and O–H groups in total. The number of hydrogen-bond acceptors (Lipinski definition) is 3. The summed E-state index contributed by atoms with van der Waals surface area (Å²) in [6.45, 7) is 1.89. The summed E-state index contributed by atoms with van der Waals surface area (Å²) in [5.74, 6) is -0.374. The SMILES string of the molecule is Cc1ccc(N2N=C(C(=O)N(C)c3ccccc3)CCC2=O)cc1Cl. The smallest absolute Gasteiger partial charge is 0.274 e. The zero-order valence-corrected chi connectivity index (χ0v) is 14.8. The molecular weight excluding hydrogens is 338 g/mol. The number of carbonyl (C=O) groups excluding carboxylic acids is 2. The van der Waals surface area contributed by atoms with Crippen molar-refractivity contribution in [3.8, 4) is 0 Å². The predicted octanol–water partition coefficient (Wildman–Crippen LogP) is 3.79. The third-order valence-corrected chi connectivity index (χ3v) is 4.53. The first kappa shape index (κ1) is 17.2. The van der Waals surface area contributed by atoms with E-state index in [4.69, 9.17) is 11.6 Å². The van der Waals surface area contributed by atoms with Gasteiger partial charge < -0.3 is 4.90 Å². The number of aryl methyl sites for hydroxylation is 1. The Morgan fingerprint density at radius 2 is 1.88 bits per heavy atom. The fourth-order valence-corrected chi connectivity index (χ4v) is 2.76. The van der Waals surface area contributed by atoms with Crippen LogP contribution in [0.2, 0.25) is 5.02 Å². The van der Waals surface area contributed by atoms with E-state index in [9.17, 15) is 9.59 Å². The molecule has 0 aromatic heterocycles. The molecule has 0 atom stereocenters. The Kier molecular flexibility index (Phi) is 4.86. The Morgan fingerprint density at radius 1 is 1.16 bits per heavy atom. The quantitative estimate of drug-likeness (QED) is 0.841. The average Bonchev–Trinajstić information content (AvgIpc) is 2.64. The molecule has 25 heavy (non-hydrogen) atoms. The first-order valence-electron chi connectivity index (χ1n) is 7.97. The summed E-state index contributed by atoms with van der Waals surface area (Å²) in [6.07, 6.45) is 0.559. The van der Waals surface area contributed by atoms with E-state index >= 15 is 0 Å². The van der Waals surface area contributed by atoms with E-state index in [1.807, 2.05) is 43.3 Å². The maximum absolute atomic E-state index is 12.7. The summed E-state index contributed by atoms with van der Waals surface area (Å²) in [6, 6.07) is 14.6. The lowest BCUT2D eigenvalue weighted by atomic mass is 10.1. The van der Waals surface area contributed by atoms with E-state index in [2.05, 4.69) is 5.10 Å². The highest BCUT2D eigenvalue weighted by atomic mass is 35.5. The third-order valence-electron chi connectivity index (χ3n) is 4.13. The molecule has 0 radical (unpaired) electrons. The van der Waals surface area contributed by atoms with Crippen molar-refractivity contribution < 1.29 is 9.59 Å². The molecule has 0 saturated carbocycles. The van der Waals surface area contributed by atoms with Gasteiger partial charge in [0, 0.05) is 30.6 Å². The topological polar surface area (TPSA) is 53.0 Å². The van der Waals surface area contributed by atoms with Gasteiger partial charge >= 0.3 is 0 Å². The van der Waals surface area contributed by atoms with E-state index in [0.717, 1.165) is 11.3 Å². The van der Waals surface area contributed by atoms with Gasteiger partial charge in [-0.2, -0.15) is 5.10 Å². The van der Waals surface area contributed by atoms with Gasteiger partial charge in [-0.25, -0.2) is 5.01 Å². The van der Waals surface area contributed by atoms with Crippen molar-refractivity contribution in [1.29, 1.82) is 0 Å². The minimum absolute atomic E-state index is 0.154. The highest BCUT2D eigenvalue weighted by Crippen LogP contribution is 2.26. The molecule has 0 unspecified atom stereocenters. The van der Waals surface area contributed by atoms with Crippen LogP contribution in [-0.2, 0) is 9.59 Å². The van der Waals surface area contributed by atoms with Gasteiger partial charge in [-0.1, -0.05) is 35.9 Å². The molecule has 0 bridgehead atoms. The monoisotopic (exact) mass is 355 g/mol. The molecule has 0 spiro atoms. The maximum atomic E-state index is 12.7. The van der Waals surface area contributed by atoms with E-state index < -0.39 is 0 Å². The van der Waals surface area contributed by atoms with Crippen LogP contribution in [0, 0.1) is 6.92 Å². The van der Waals surface area contributed by atoms with E-state index in [0.29, 0.717) is 22.8 Å². The Balaban J connectivity index is 1.90. The molecule has 1 heterocycles. The standard InChI is InChI=1S/C19H18ClN3O2/c1-13-8-9-15(12-16(13)20)23-18(24)11-10-17(21-23)19(25)22(2)14-6-4-3-5-7-14/h3-9,12H,10-11H2,1-2H3. The number of benzene rings is 2. The molecule has 1 aliphatic heterocycles. The normalized spacial score (nSPS) is 14.3. The molecule has 0 saturated heterocycles. The number of para-hydroxylation sites is 1. The summed E-state index contributed by atoms with van der Waals surface area (Å²) < 4.78 is 0. The predicted molar refractivity (Wildman–Crippen MR) is 100 cm³/mol. The number of hydrogen-bond donors (Lipinski definition) is 0. The van der Waals surface area contributed by atoms with E-state index in [1.165, 1.54) is 9.91 Å². The van der Waals surface area contributed by atoms with Crippen LogP contribution in [0.4, 0.5) is 11.4 Å². The molecule has 128 valence electrons. The number of anilines is 2. The molecule has 5 nitrogen and oxygen atoms in total. The number of halogens is 1. The second-order valence-electron chi connectivity index (χ2n) is 5.89. The van der Waals surface area contributed by atoms with Gasteiger partial charge in [0.25, 0.3) is 5.91 Å². The summed E-state index contributed by atoms with van der Waals surface area (Å²) in [4.78, 5) is 26.5. The number of carbonyl (C=O) groups is 2. The van der Waals surface area contributed by atoms with Gasteiger partial charge in [-0.3, -0.25) is 9.59 Å². The lowest BCUT2D eigenvalue weighted by Gasteiger charge is -2.25. The van der Waals surface area contributed by atoms with Crippen LogP contribution in [-0.4, -0.2) is 24.6 Å². The van der Waals surface area contributed by atoms with E-state index in [-0.39, 0.29) is 18.2 Å². The van der Waals surface area contributed by atoms with Crippen LogP contribution in [0.15, 0.2) is 53.6 Å². The van der Waals surface area contributed by atoms with Crippen molar-refractivity contribution in [3.05, 3.63) is 59.1 Å². The summed E-state index contributed by atoms with van der Waals surface area (Å²) >= 11 is 6.15. The van der Waals surface area contributed by atoms with Crippen LogP contribution in [0.1, 0.15) is 18.4 Å². The van der Waals surface area contributed by atoms with Gasteiger partial charge in [0.05, 0.1) is 5.69 Å². The first-order chi connectivity index (χ1) is 12.0. The number of amides is 2. The third kappa shape index (κ3) is 3.56. The van der Waals surface area contributed by atoms with Gasteiger partial charge in [-0.05, 0) is 36.8 Å². The van der Waals surface area contributed by atoms with Crippen LogP contribution in [0.25, 0.3) is 0 Å². The van der Waals surface area contributed by atoms with Crippen LogP contribution in [0.3, 0.4) is 0 Å². The zero-order valence-electron chi connectivity index (χ0n) is 14.1. The molecular formula is C19H18ClN3O2.